The van der Waals surface area contributed by atoms with Crippen LogP contribution in [0.3, 0.4) is 0 Å². The molecule has 0 N–H and O–H groups in total. The highest BCUT2D eigenvalue weighted by Crippen LogP contribution is 2.28. The lowest BCUT2D eigenvalue weighted by Crippen LogP contribution is -2.27. The Kier molecular flexibility index (Phi) is 6.06. The number of benzene rings is 2. The summed E-state index contributed by atoms with van der Waals surface area (Å²) in [5, 5.41) is 3.99. The maximum Gasteiger partial charge on any atom is 0.250 e. The molecule has 2 aromatic carbocycles. The Morgan fingerprint density at radius 2 is 1.68 bits per heavy atom. The van der Waals surface area contributed by atoms with Crippen molar-refractivity contribution >= 4 is 22.2 Å². The van der Waals surface area contributed by atoms with Crippen LogP contribution in [0, 0.1) is 0 Å². The van der Waals surface area contributed by atoms with Gasteiger partial charge in [-0.3, -0.25) is 0 Å². The van der Waals surface area contributed by atoms with Crippen molar-refractivity contribution in [3.05, 3.63) is 53.9 Å². The second kappa shape index (κ2) is 8.91. The molecule has 31 heavy (non-hydrogen) atoms. The largest absolute Gasteiger partial charge is 0.493 e. The first-order valence-corrected chi connectivity index (χ1v) is 11.3. The van der Waals surface area contributed by atoms with E-state index in [-0.39, 0.29) is 4.90 Å². The van der Waals surface area contributed by atoms with E-state index >= 15 is 0 Å². The first kappa shape index (κ1) is 21.1. The molecule has 1 saturated heterocycles. The topological polar surface area (TPSA) is 94.8 Å². The maximum absolute atomic E-state index is 12.6. The molecule has 162 valence electrons. The molecule has 0 spiro atoms. The van der Waals surface area contributed by atoms with Gasteiger partial charge in [-0.25, -0.2) is 8.42 Å². The SMILES string of the molecule is COc1ccc(/C=C/c2nc(-c3ccc(S(=O)(=O)N4CCCC4)cc3)no2)cc1OC. The van der Waals surface area contributed by atoms with Crippen LogP contribution in [0.4, 0.5) is 0 Å². The second-order valence-corrected chi connectivity index (χ2v) is 8.98. The van der Waals surface area contributed by atoms with Crippen molar-refractivity contribution in [3.63, 3.8) is 0 Å². The Hall–Kier alpha value is -3.17. The van der Waals surface area contributed by atoms with Crippen molar-refractivity contribution in [2.75, 3.05) is 27.3 Å². The van der Waals surface area contributed by atoms with Crippen LogP contribution >= 0.6 is 0 Å². The van der Waals surface area contributed by atoms with Gasteiger partial charge in [-0.15, -0.1) is 0 Å². The minimum absolute atomic E-state index is 0.273. The predicted molar refractivity (Wildman–Crippen MR) is 116 cm³/mol. The van der Waals surface area contributed by atoms with E-state index in [9.17, 15) is 8.42 Å². The van der Waals surface area contributed by atoms with E-state index < -0.39 is 10.0 Å². The first-order chi connectivity index (χ1) is 15.0. The van der Waals surface area contributed by atoms with Gasteiger partial charge < -0.3 is 14.0 Å². The van der Waals surface area contributed by atoms with Crippen LogP contribution < -0.4 is 9.47 Å². The molecule has 4 rings (SSSR count). The second-order valence-electron chi connectivity index (χ2n) is 7.04. The highest BCUT2D eigenvalue weighted by molar-refractivity contribution is 7.89. The number of sulfonamides is 1. The molecule has 1 fully saturated rings. The quantitative estimate of drug-likeness (QED) is 0.552. The van der Waals surface area contributed by atoms with Gasteiger partial charge in [-0.1, -0.05) is 11.2 Å². The highest BCUT2D eigenvalue weighted by atomic mass is 32.2. The van der Waals surface area contributed by atoms with E-state index in [2.05, 4.69) is 10.1 Å². The molecular formula is C22H23N3O5S. The average molecular weight is 442 g/mol. The third kappa shape index (κ3) is 4.47. The molecule has 1 aliphatic rings. The fourth-order valence-electron chi connectivity index (χ4n) is 3.40. The molecule has 0 bridgehead atoms. The van der Waals surface area contributed by atoms with E-state index in [1.165, 1.54) is 4.31 Å². The van der Waals surface area contributed by atoms with Crippen LogP contribution in [0.5, 0.6) is 11.5 Å². The van der Waals surface area contributed by atoms with Crippen LogP contribution in [0.2, 0.25) is 0 Å². The van der Waals surface area contributed by atoms with Gasteiger partial charge in [0, 0.05) is 24.7 Å². The van der Waals surface area contributed by atoms with Crippen molar-refractivity contribution in [1.82, 2.24) is 14.4 Å². The Bertz CT molecular complexity index is 1180. The first-order valence-electron chi connectivity index (χ1n) is 9.85. The van der Waals surface area contributed by atoms with Gasteiger partial charge in [-0.05, 0) is 60.9 Å². The predicted octanol–water partition coefficient (Wildman–Crippen LogP) is 3.71. The van der Waals surface area contributed by atoms with Crippen molar-refractivity contribution in [1.29, 1.82) is 0 Å². The molecule has 1 aliphatic heterocycles. The lowest BCUT2D eigenvalue weighted by Gasteiger charge is -2.15. The maximum atomic E-state index is 12.6. The minimum atomic E-state index is -3.44. The van der Waals surface area contributed by atoms with Gasteiger partial charge in [0.1, 0.15) is 0 Å². The van der Waals surface area contributed by atoms with Crippen molar-refractivity contribution in [2.24, 2.45) is 0 Å². The number of ether oxygens (including phenoxy) is 2. The van der Waals surface area contributed by atoms with Gasteiger partial charge in [0.15, 0.2) is 11.5 Å². The normalized spacial score (nSPS) is 14.9. The molecule has 2 heterocycles. The summed E-state index contributed by atoms with van der Waals surface area (Å²) in [7, 11) is -0.278. The summed E-state index contributed by atoms with van der Waals surface area (Å²) < 4.78 is 42.6. The van der Waals surface area contributed by atoms with Crippen LogP contribution in [0.1, 0.15) is 24.3 Å². The summed E-state index contributed by atoms with van der Waals surface area (Å²) in [4.78, 5) is 4.63. The molecule has 0 amide bonds. The molecule has 0 unspecified atom stereocenters. The van der Waals surface area contributed by atoms with Crippen molar-refractivity contribution < 1.29 is 22.4 Å². The van der Waals surface area contributed by atoms with E-state index in [1.807, 2.05) is 24.3 Å². The van der Waals surface area contributed by atoms with E-state index in [0.29, 0.717) is 41.9 Å². The summed E-state index contributed by atoms with van der Waals surface area (Å²) in [6, 6.07) is 12.1. The third-order valence-electron chi connectivity index (χ3n) is 5.08. The number of hydrogen-bond acceptors (Lipinski definition) is 7. The van der Waals surface area contributed by atoms with Crippen LogP contribution in [-0.2, 0) is 10.0 Å². The molecule has 9 heteroatoms. The summed E-state index contributed by atoms with van der Waals surface area (Å²) in [5.74, 6) is 1.99. The highest BCUT2D eigenvalue weighted by Gasteiger charge is 2.27. The molecule has 0 radical (unpaired) electrons. The van der Waals surface area contributed by atoms with E-state index in [1.54, 1.807) is 44.6 Å². The third-order valence-corrected chi connectivity index (χ3v) is 7.00. The number of aromatic nitrogens is 2. The zero-order valence-electron chi connectivity index (χ0n) is 17.3. The van der Waals surface area contributed by atoms with Crippen LogP contribution in [-0.4, -0.2) is 50.2 Å². The van der Waals surface area contributed by atoms with Gasteiger partial charge >= 0.3 is 0 Å². The summed E-state index contributed by atoms with van der Waals surface area (Å²) in [6.07, 6.45) is 5.33. The molecular weight excluding hydrogens is 418 g/mol. The molecule has 3 aromatic rings. The van der Waals surface area contributed by atoms with Gasteiger partial charge in [-0.2, -0.15) is 9.29 Å². The lowest BCUT2D eigenvalue weighted by molar-refractivity contribution is 0.355. The number of rotatable bonds is 7. The summed E-state index contributed by atoms with van der Waals surface area (Å²) in [6.45, 7) is 1.15. The Labute approximate surface area is 181 Å². The molecule has 8 nitrogen and oxygen atoms in total. The number of hydrogen-bond donors (Lipinski definition) is 0. The fourth-order valence-corrected chi connectivity index (χ4v) is 4.91. The van der Waals surface area contributed by atoms with Crippen LogP contribution in [0.25, 0.3) is 23.5 Å². The van der Waals surface area contributed by atoms with E-state index in [4.69, 9.17) is 14.0 Å². The van der Waals surface area contributed by atoms with Gasteiger partial charge in [0.05, 0.1) is 19.1 Å². The van der Waals surface area contributed by atoms with Gasteiger partial charge in [0.2, 0.25) is 15.8 Å². The molecule has 1 aromatic heterocycles. The summed E-state index contributed by atoms with van der Waals surface area (Å²) >= 11 is 0. The average Bonchev–Trinajstić information content (AvgIpc) is 3.50. The zero-order chi connectivity index (χ0) is 21.8. The molecule has 0 aliphatic carbocycles. The van der Waals surface area contributed by atoms with Crippen LogP contribution in [0.15, 0.2) is 51.9 Å². The monoisotopic (exact) mass is 441 g/mol. The van der Waals surface area contributed by atoms with Gasteiger partial charge in [0.25, 0.3) is 5.89 Å². The summed E-state index contributed by atoms with van der Waals surface area (Å²) in [5.41, 5.74) is 1.56. The minimum Gasteiger partial charge on any atom is -0.493 e. The lowest BCUT2D eigenvalue weighted by atomic mass is 10.2. The standard InChI is InChI=1S/C22H23N3O5S/c1-28-19-11-5-16(15-20(19)29-2)6-12-21-23-22(24-30-21)17-7-9-18(10-8-17)31(26,27)25-13-3-4-14-25/h5-12,15H,3-4,13-14H2,1-2H3/b12-6+. The number of methoxy groups -OCH3 is 2. The fraction of sp³-hybridized carbons (Fsp3) is 0.273. The smallest absolute Gasteiger partial charge is 0.250 e. The number of nitrogens with zero attached hydrogens (tertiary/aromatic N) is 3. The molecule has 0 atom stereocenters. The Balaban J connectivity index is 1.49. The zero-order valence-corrected chi connectivity index (χ0v) is 18.1. The van der Waals surface area contributed by atoms with Crippen molar-refractivity contribution in [2.45, 2.75) is 17.7 Å². The van der Waals surface area contributed by atoms with E-state index in [0.717, 1.165) is 18.4 Å². The molecule has 0 saturated carbocycles. The Morgan fingerprint density at radius 3 is 2.35 bits per heavy atom. The van der Waals surface area contributed by atoms with Crippen molar-refractivity contribution in [3.8, 4) is 22.9 Å². The Morgan fingerprint density at radius 1 is 0.968 bits per heavy atom.